The van der Waals surface area contributed by atoms with Crippen molar-refractivity contribution >= 4 is 18.0 Å². The quantitative estimate of drug-likeness (QED) is 0.585. The number of carbonyl (C=O) groups excluding carboxylic acids is 2. The highest BCUT2D eigenvalue weighted by atomic mass is 16.5. The number of hydrogen-bond acceptors (Lipinski definition) is 4. The van der Waals surface area contributed by atoms with Gasteiger partial charge in [0.1, 0.15) is 18.7 Å². The van der Waals surface area contributed by atoms with E-state index < -0.39 is 30.1 Å². The molecule has 0 saturated carbocycles. The number of amides is 2. The number of benzene rings is 1. The second-order valence-electron chi connectivity index (χ2n) is 6.49. The number of carbonyl (C=O) groups is 3. The van der Waals surface area contributed by atoms with Crippen LogP contribution in [0.5, 0.6) is 0 Å². The number of aliphatic carboxylic acids is 1. The van der Waals surface area contributed by atoms with Crippen molar-refractivity contribution in [2.24, 2.45) is 5.92 Å². The van der Waals surface area contributed by atoms with Gasteiger partial charge in [0, 0.05) is 0 Å². The van der Waals surface area contributed by atoms with Crippen LogP contribution in [-0.4, -0.2) is 35.2 Å². The first-order valence-corrected chi connectivity index (χ1v) is 8.35. The Kier molecular flexibility index (Phi) is 8.34. The number of carboxylic acids is 1. The van der Waals surface area contributed by atoms with Crippen molar-refractivity contribution in [2.45, 2.75) is 45.9 Å². The maximum atomic E-state index is 12.4. The maximum absolute atomic E-state index is 12.4. The van der Waals surface area contributed by atoms with Gasteiger partial charge in [0.2, 0.25) is 5.91 Å². The van der Waals surface area contributed by atoms with Gasteiger partial charge in [-0.05, 0) is 24.8 Å². The van der Waals surface area contributed by atoms with Gasteiger partial charge in [-0.25, -0.2) is 9.59 Å². The molecule has 1 rings (SSSR count). The first-order chi connectivity index (χ1) is 12.2. The van der Waals surface area contributed by atoms with E-state index in [0.29, 0.717) is 5.57 Å². The van der Waals surface area contributed by atoms with Gasteiger partial charge < -0.3 is 20.5 Å². The number of rotatable bonds is 9. The Hall–Kier alpha value is -2.83. The van der Waals surface area contributed by atoms with Crippen molar-refractivity contribution in [1.82, 2.24) is 10.6 Å². The topological polar surface area (TPSA) is 105 Å². The second-order valence-corrected chi connectivity index (χ2v) is 6.49. The molecule has 0 saturated heterocycles. The molecule has 0 aromatic heterocycles. The van der Waals surface area contributed by atoms with Crippen molar-refractivity contribution in [3.05, 3.63) is 48.0 Å². The highest BCUT2D eigenvalue weighted by Gasteiger charge is 2.29. The Labute approximate surface area is 153 Å². The predicted molar refractivity (Wildman–Crippen MR) is 97.4 cm³/mol. The number of hydrogen-bond donors (Lipinski definition) is 3. The maximum Gasteiger partial charge on any atom is 0.408 e. The summed E-state index contributed by atoms with van der Waals surface area (Å²) >= 11 is 0. The molecule has 0 aliphatic heterocycles. The predicted octanol–water partition coefficient (Wildman–Crippen LogP) is 2.47. The summed E-state index contributed by atoms with van der Waals surface area (Å²) in [5.74, 6) is -1.99. The fourth-order valence-corrected chi connectivity index (χ4v) is 2.24. The monoisotopic (exact) mass is 362 g/mol. The standard InChI is InChI=1S/C19H26N2O5/c1-12(2)10-15(18(23)24)20-17(22)16(13(3)4)21-19(25)26-11-14-8-6-5-7-9-14/h5-9,13,15-16H,1,10-11H2,2-4H3,(H,20,22)(H,21,25)(H,23,24)/t15-,16+/m1/s1. The minimum Gasteiger partial charge on any atom is -0.480 e. The summed E-state index contributed by atoms with van der Waals surface area (Å²) in [5.41, 5.74) is 1.45. The van der Waals surface area contributed by atoms with Crippen LogP contribution in [0.4, 0.5) is 4.79 Å². The minimum absolute atomic E-state index is 0.0759. The molecule has 7 nitrogen and oxygen atoms in total. The summed E-state index contributed by atoms with van der Waals surface area (Å²) in [6.07, 6.45) is -0.626. The number of carboxylic acid groups (broad SMARTS) is 1. The molecule has 0 radical (unpaired) electrons. The first-order valence-electron chi connectivity index (χ1n) is 8.35. The van der Waals surface area contributed by atoms with Crippen molar-refractivity contribution in [3.8, 4) is 0 Å². The molecule has 26 heavy (non-hydrogen) atoms. The highest BCUT2D eigenvalue weighted by molar-refractivity contribution is 5.89. The average Bonchev–Trinajstić information content (AvgIpc) is 2.57. The smallest absolute Gasteiger partial charge is 0.408 e. The lowest BCUT2D eigenvalue weighted by molar-refractivity contribution is -0.142. The molecule has 0 spiro atoms. The van der Waals surface area contributed by atoms with Gasteiger partial charge in [-0.2, -0.15) is 0 Å². The van der Waals surface area contributed by atoms with Gasteiger partial charge in [0.25, 0.3) is 0 Å². The molecule has 1 aromatic rings. The Balaban J connectivity index is 2.65. The van der Waals surface area contributed by atoms with E-state index in [1.807, 2.05) is 30.3 Å². The fraction of sp³-hybridized carbons (Fsp3) is 0.421. The van der Waals surface area contributed by atoms with Gasteiger partial charge in [-0.3, -0.25) is 4.79 Å². The zero-order valence-electron chi connectivity index (χ0n) is 15.3. The van der Waals surface area contributed by atoms with Crippen molar-refractivity contribution < 1.29 is 24.2 Å². The summed E-state index contributed by atoms with van der Waals surface area (Å²) in [6, 6.07) is 7.13. The van der Waals surface area contributed by atoms with Crippen molar-refractivity contribution in [2.75, 3.05) is 0 Å². The molecule has 0 heterocycles. The summed E-state index contributed by atoms with van der Waals surface area (Å²) in [4.78, 5) is 35.7. The van der Waals surface area contributed by atoms with Crippen LogP contribution in [0.15, 0.2) is 42.5 Å². The van der Waals surface area contributed by atoms with Crippen LogP contribution in [0.25, 0.3) is 0 Å². The molecule has 2 atom stereocenters. The molecule has 1 aromatic carbocycles. The molecule has 3 N–H and O–H groups in total. The molecule has 0 bridgehead atoms. The zero-order chi connectivity index (χ0) is 19.7. The Morgan fingerprint density at radius 2 is 1.77 bits per heavy atom. The van der Waals surface area contributed by atoms with Crippen molar-refractivity contribution in [3.63, 3.8) is 0 Å². The van der Waals surface area contributed by atoms with Crippen LogP contribution in [0, 0.1) is 5.92 Å². The van der Waals surface area contributed by atoms with E-state index in [2.05, 4.69) is 17.2 Å². The van der Waals surface area contributed by atoms with Crippen LogP contribution in [0.2, 0.25) is 0 Å². The molecule has 0 unspecified atom stereocenters. The van der Waals surface area contributed by atoms with E-state index in [1.54, 1.807) is 20.8 Å². The van der Waals surface area contributed by atoms with E-state index in [9.17, 15) is 19.5 Å². The number of nitrogens with one attached hydrogen (secondary N) is 2. The normalized spacial score (nSPS) is 12.8. The fourth-order valence-electron chi connectivity index (χ4n) is 2.24. The highest BCUT2D eigenvalue weighted by Crippen LogP contribution is 2.07. The lowest BCUT2D eigenvalue weighted by Gasteiger charge is -2.23. The molecule has 7 heteroatoms. The molecule has 0 aliphatic carbocycles. The van der Waals surface area contributed by atoms with Crippen LogP contribution >= 0.6 is 0 Å². The van der Waals surface area contributed by atoms with Crippen molar-refractivity contribution in [1.29, 1.82) is 0 Å². The molecular weight excluding hydrogens is 336 g/mol. The molecule has 0 fully saturated rings. The largest absolute Gasteiger partial charge is 0.480 e. The van der Waals surface area contributed by atoms with Gasteiger partial charge >= 0.3 is 12.1 Å². The van der Waals surface area contributed by atoms with Gasteiger partial charge in [-0.15, -0.1) is 6.58 Å². The third-order valence-electron chi connectivity index (χ3n) is 3.60. The molecule has 0 aliphatic rings. The average molecular weight is 362 g/mol. The lowest BCUT2D eigenvalue weighted by Crippen LogP contribution is -2.53. The zero-order valence-corrected chi connectivity index (χ0v) is 15.3. The Morgan fingerprint density at radius 1 is 1.15 bits per heavy atom. The van der Waals surface area contributed by atoms with E-state index in [-0.39, 0.29) is 18.9 Å². The number of ether oxygens (including phenoxy) is 1. The minimum atomic E-state index is -1.16. The van der Waals surface area contributed by atoms with E-state index in [1.165, 1.54) is 0 Å². The van der Waals surface area contributed by atoms with Gasteiger partial charge in [-0.1, -0.05) is 49.8 Å². The SMILES string of the molecule is C=C(C)C[C@@H](NC(=O)[C@@H](NC(=O)OCc1ccccc1)C(C)C)C(=O)O. The molecular formula is C19H26N2O5. The third kappa shape index (κ3) is 7.38. The van der Waals surface area contributed by atoms with Gasteiger partial charge in [0.15, 0.2) is 0 Å². The molecule has 142 valence electrons. The Bertz CT molecular complexity index is 643. The van der Waals surface area contributed by atoms with E-state index >= 15 is 0 Å². The van der Waals surface area contributed by atoms with Crippen LogP contribution in [0.1, 0.15) is 32.8 Å². The molecule has 2 amide bonds. The summed E-state index contributed by atoms with van der Waals surface area (Å²) in [5, 5.41) is 14.2. The summed E-state index contributed by atoms with van der Waals surface area (Å²) < 4.78 is 5.12. The lowest BCUT2D eigenvalue weighted by atomic mass is 10.0. The van der Waals surface area contributed by atoms with E-state index in [0.717, 1.165) is 5.56 Å². The summed E-state index contributed by atoms with van der Waals surface area (Å²) in [6.45, 7) is 8.91. The van der Waals surface area contributed by atoms with Crippen LogP contribution in [0.3, 0.4) is 0 Å². The number of alkyl carbamates (subject to hydrolysis) is 1. The Morgan fingerprint density at radius 3 is 2.27 bits per heavy atom. The third-order valence-corrected chi connectivity index (χ3v) is 3.60. The van der Waals surface area contributed by atoms with E-state index in [4.69, 9.17) is 4.74 Å². The van der Waals surface area contributed by atoms with Crippen LogP contribution in [-0.2, 0) is 20.9 Å². The first kappa shape index (κ1) is 21.2. The van der Waals surface area contributed by atoms with Gasteiger partial charge in [0.05, 0.1) is 0 Å². The second kappa shape index (κ2) is 10.2. The summed E-state index contributed by atoms with van der Waals surface area (Å²) in [7, 11) is 0. The van der Waals surface area contributed by atoms with Crippen LogP contribution < -0.4 is 10.6 Å².